The molecule has 1 aromatic carbocycles. The molecule has 0 aromatic heterocycles. The van der Waals surface area contributed by atoms with Gasteiger partial charge in [0.25, 0.3) is 0 Å². The quantitative estimate of drug-likeness (QED) is 0.903. The lowest BCUT2D eigenvalue weighted by molar-refractivity contribution is -0.0157. The minimum atomic E-state index is -0.399. The lowest BCUT2D eigenvalue weighted by Gasteiger charge is -2.35. The van der Waals surface area contributed by atoms with Gasteiger partial charge < -0.3 is 9.84 Å². The number of halogens is 2. The van der Waals surface area contributed by atoms with Crippen molar-refractivity contribution in [2.75, 3.05) is 19.8 Å². The van der Waals surface area contributed by atoms with Crippen molar-refractivity contribution in [3.63, 3.8) is 0 Å². The summed E-state index contributed by atoms with van der Waals surface area (Å²) in [5.41, 5.74) is 0.554. The van der Waals surface area contributed by atoms with Crippen LogP contribution in [0.5, 0.6) is 0 Å². The van der Waals surface area contributed by atoms with Crippen LogP contribution in [0.25, 0.3) is 0 Å². The van der Waals surface area contributed by atoms with Gasteiger partial charge in [0.15, 0.2) is 0 Å². The molecule has 0 aliphatic carbocycles. The zero-order chi connectivity index (χ0) is 12.3. The van der Waals surface area contributed by atoms with Crippen molar-refractivity contribution in [3.05, 3.63) is 34.6 Å². The molecule has 0 unspecified atom stereocenters. The molecule has 1 saturated heterocycles. The van der Waals surface area contributed by atoms with E-state index in [2.05, 4.69) is 0 Å². The fraction of sp³-hybridized carbons (Fsp3) is 0.538. The average molecular weight is 259 g/mol. The Bertz CT molecular complexity index is 389. The lowest BCUT2D eigenvalue weighted by Crippen LogP contribution is -2.35. The molecule has 1 aliphatic heterocycles. The second-order valence-electron chi connectivity index (χ2n) is 4.66. The summed E-state index contributed by atoms with van der Waals surface area (Å²) in [5, 5.41) is 9.74. The highest BCUT2D eigenvalue weighted by Crippen LogP contribution is 2.36. The average Bonchev–Trinajstić information content (AvgIpc) is 2.36. The van der Waals surface area contributed by atoms with E-state index in [0.29, 0.717) is 19.6 Å². The molecule has 17 heavy (non-hydrogen) atoms. The predicted molar refractivity (Wildman–Crippen MR) is 64.7 cm³/mol. The van der Waals surface area contributed by atoms with Gasteiger partial charge in [0.05, 0.1) is 5.02 Å². The van der Waals surface area contributed by atoms with Crippen LogP contribution in [0.3, 0.4) is 0 Å². The van der Waals surface area contributed by atoms with E-state index in [-0.39, 0.29) is 17.0 Å². The number of hydrogen-bond acceptors (Lipinski definition) is 2. The first-order chi connectivity index (χ1) is 8.17. The molecule has 2 nitrogen and oxygen atoms in total. The van der Waals surface area contributed by atoms with Crippen molar-refractivity contribution < 1.29 is 14.2 Å². The van der Waals surface area contributed by atoms with Crippen LogP contribution in [0.1, 0.15) is 18.4 Å². The molecule has 1 aliphatic rings. The van der Waals surface area contributed by atoms with Gasteiger partial charge in [0.2, 0.25) is 0 Å². The molecule has 1 fully saturated rings. The topological polar surface area (TPSA) is 29.5 Å². The summed E-state index contributed by atoms with van der Waals surface area (Å²) in [5.74, 6) is -0.399. The van der Waals surface area contributed by atoms with Crippen molar-refractivity contribution in [2.45, 2.75) is 19.3 Å². The molecule has 0 saturated carbocycles. The van der Waals surface area contributed by atoms with E-state index < -0.39 is 5.82 Å². The number of benzene rings is 1. The third-order valence-corrected chi connectivity index (χ3v) is 3.91. The van der Waals surface area contributed by atoms with Gasteiger partial charge in [-0.25, -0.2) is 4.39 Å². The largest absolute Gasteiger partial charge is 0.396 e. The first-order valence-electron chi connectivity index (χ1n) is 5.78. The van der Waals surface area contributed by atoms with E-state index in [4.69, 9.17) is 16.3 Å². The maximum atomic E-state index is 13.3. The van der Waals surface area contributed by atoms with Gasteiger partial charge in [-0.05, 0) is 30.9 Å². The molecular formula is C13H16ClFO2. The van der Waals surface area contributed by atoms with Gasteiger partial charge in [-0.2, -0.15) is 0 Å². The third-order valence-electron chi connectivity index (χ3n) is 3.49. The molecule has 4 heteroatoms. The first kappa shape index (κ1) is 12.8. The monoisotopic (exact) mass is 258 g/mol. The molecular weight excluding hydrogens is 243 g/mol. The molecule has 0 amide bonds. The molecule has 94 valence electrons. The molecule has 1 N–H and O–H groups in total. The summed E-state index contributed by atoms with van der Waals surface area (Å²) in [4.78, 5) is 0. The number of aliphatic hydroxyl groups is 1. The Labute approximate surface area is 105 Å². The van der Waals surface area contributed by atoms with Crippen LogP contribution in [0.2, 0.25) is 5.02 Å². The minimum absolute atomic E-state index is 0.0865. The molecule has 2 rings (SSSR count). The minimum Gasteiger partial charge on any atom is -0.396 e. The fourth-order valence-corrected chi connectivity index (χ4v) is 2.48. The van der Waals surface area contributed by atoms with Crippen molar-refractivity contribution in [2.24, 2.45) is 5.41 Å². The Balaban J connectivity index is 2.20. The van der Waals surface area contributed by atoms with Crippen LogP contribution in [-0.2, 0) is 11.2 Å². The van der Waals surface area contributed by atoms with Gasteiger partial charge in [-0.1, -0.05) is 23.7 Å². The van der Waals surface area contributed by atoms with E-state index in [9.17, 15) is 9.50 Å². The van der Waals surface area contributed by atoms with Gasteiger partial charge in [-0.3, -0.25) is 0 Å². The van der Waals surface area contributed by atoms with E-state index in [1.165, 1.54) is 6.07 Å². The molecule has 0 radical (unpaired) electrons. The van der Waals surface area contributed by atoms with E-state index in [0.717, 1.165) is 18.4 Å². The highest BCUT2D eigenvalue weighted by molar-refractivity contribution is 6.31. The van der Waals surface area contributed by atoms with Crippen LogP contribution in [0, 0.1) is 11.2 Å². The van der Waals surface area contributed by atoms with Crippen LogP contribution < -0.4 is 0 Å². The van der Waals surface area contributed by atoms with Gasteiger partial charge >= 0.3 is 0 Å². The maximum Gasteiger partial charge on any atom is 0.142 e. The van der Waals surface area contributed by atoms with Gasteiger partial charge in [-0.15, -0.1) is 0 Å². The van der Waals surface area contributed by atoms with Crippen molar-refractivity contribution in [1.82, 2.24) is 0 Å². The zero-order valence-electron chi connectivity index (χ0n) is 9.59. The van der Waals surface area contributed by atoms with Gasteiger partial charge in [0.1, 0.15) is 5.82 Å². The van der Waals surface area contributed by atoms with Crippen molar-refractivity contribution in [3.8, 4) is 0 Å². The number of hydrogen-bond donors (Lipinski definition) is 1. The SMILES string of the molecule is OCC1(Cc2cccc(F)c2Cl)CCOCC1. The molecule has 0 bridgehead atoms. The molecule has 0 spiro atoms. The molecule has 1 heterocycles. The normalized spacial score (nSPS) is 19.2. The van der Waals surface area contributed by atoms with Crippen molar-refractivity contribution in [1.29, 1.82) is 0 Å². The Morgan fingerprint density at radius 3 is 2.71 bits per heavy atom. The maximum absolute atomic E-state index is 13.3. The van der Waals surface area contributed by atoms with Crippen LogP contribution in [0.15, 0.2) is 18.2 Å². The lowest BCUT2D eigenvalue weighted by atomic mass is 9.76. The van der Waals surface area contributed by atoms with E-state index in [1.807, 2.05) is 6.07 Å². The first-order valence-corrected chi connectivity index (χ1v) is 6.16. The Kier molecular flexibility index (Phi) is 4.02. The highest BCUT2D eigenvalue weighted by atomic mass is 35.5. The smallest absolute Gasteiger partial charge is 0.142 e. The predicted octanol–water partition coefficient (Wildman–Crippen LogP) is 2.81. The van der Waals surface area contributed by atoms with Gasteiger partial charge in [0, 0.05) is 25.2 Å². The number of rotatable bonds is 3. The Morgan fingerprint density at radius 1 is 1.35 bits per heavy atom. The molecule has 1 aromatic rings. The summed E-state index contributed by atoms with van der Waals surface area (Å²) in [6.45, 7) is 1.38. The summed E-state index contributed by atoms with van der Waals surface area (Å²) < 4.78 is 18.6. The highest BCUT2D eigenvalue weighted by Gasteiger charge is 2.32. The standard InChI is InChI=1S/C13H16ClFO2/c14-12-10(2-1-3-11(12)15)8-13(9-16)4-6-17-7-5-13/h1-3,16H,4-9H2. The second-order valence-corrected chi connectivity index (χ2v) is 5.04. The molecule has 0 atom stereocenters. The van der Waals surface area contributed by atoms with Crippen LogP contribution >= 0.6 is 11.6 Å². The Morgan fingerprint density at radius 2 is 2.06 bits per heavy atom. The second kappa shape index (κ2) is 5.34. The summed E-state index contributed by atoms with van der Waals surface area (Å²) in [6.07, 6.45) is 2.18. The number of ether oxygens (including phenoxy) is 1. The summed E-state index contributed by atoms with van der Waals surface area (Å²) in [6, 6.07) is 4.82. The summed E-state index contributed by atoms with van der Waals surface area (Å²) in [7, 11) is 0. The third kappa shape index (κ3) is 2.79. The van der Waals surface area contributed by atoms with E-state index >= 15 is 0 Å². The zero-order valence-corrected chi connectivity index (χ0v) is 10.3. The van der Waals surface area contributed by atoms with Crippen LogP contribution in [-0.4, -0.2) is 24.9 Å². The Hall–Kier alpha value is -0.640. The van der Waals surface area contributed by atoms with Crippen molar-refractivity contribution >= 4 is 11.6 Å². The van der Waals surface area contributed by atoms with E-state index in [1.54, 1.807) is 6.07 Å². The summed E-state index contributed by atoms with van der Waals surface area (Å²) >= 11 is 5.94. The number of aliphatic hydroxyl groups excluding tert-OH is 1. The fourth-order valence-electron chi connectivity index (χ4n) is 2.28. The van der Waals surface area contributed by atoms with Crippen LogP contribution in [0.4, 0.5) is 4.39 Å².